The summed E-state index contributed by atoms with van der Waals surface area (Å²) in [4.78, 5) is 19.8. The zero-order valence-corrected chi connectivity index (χ0v) is 17.2. The minimum atomic E-state index is -0.655. The highest BCUT2D eigenvalue weighted by atomic mass is 35.5. The summed E-state index contributed by atoms with van der Waals surface area (Å²) in [7, 11) is 0. The van der Waals surface area contributed by atoms with E-state index in [-0.39, 0.29) is 30.7 Å². The lowest BCUT2D eigenvalue weighted by Crippen LogP contribution is -2.52. The van der Waals surface area contributed by atoms with Gasteiger partial charge in [0.25, 0.3) is 5.91 Å². The number of hydrogen-bond acceptors (Lipinski definition) is 6. The zero-order valence-electron chi connectivity index (χ0n) is 15.5. The van der Waals surface area contributed by atoms with Crippen molar-refractivity contribution in [2.24, 2.45) is 0 Å². The second kappa shape index (κ2) is 10.1. The van der Waals surface area contributed by atoms with Crippen LogP contribution in [-0.4, -0.2) is 60.1 Å². The lowest BCUT2D eigenvalue weighted by Gasteiger charge is -2.36. The number of nitrogens with one attached hydrogen (secondary N) is 2. The molecule has 10 heteroatoms. The van der Waals surface area contributed by atoms with Gasteiger partial charge >= 0.3 is 0 Å². The summed E-state index contributed by atoms with van der Waals surface area (Å²) in [6.45, 7) is 4.71. The molecule has 2 fully saturated rings. The third-order valence-corrected chi connectivity index (χ3v) is 5.14. The Kier molecular flexibility index (Phi) is 8.06. The average molecular weight is 429 g/mol. The maximum atomic E-state index is 13.1. The summed E-state index contributed by atoms with van der Waals surface area (Å²) in [5.41, 5.74) is 0.0505. The summed E-state index contributed by atoms with van der Waals surface area (Å²) >= 11 is 0. The number of carbonyl (C=O) groups is 1. The highest BCUT2D eigenvalue weighted by molar-refractivity contribution is 5.96. The van der Waals surface area contributed by atoms with Crippen molar-refractivity contribution in [1.29, 1.82) is 0 Å². The first-order valence-electron chi connectivity index (χ1n) is 9.09. The first-order valence-corrected chi connectivity index (χ1v) is 9.09. The molecule has 2 N–H and O–H groups in total. The summed E-state index contributed by atoms with van der Waals surface area (Å²) < 4.78 is 7.16. The van der Waals surface area contributed by atoms with E-state index in [9.17, 15) is 4.79 Å². The van der Waals surface area contributed by atoms with E-state index < -0.39 is 5.54 Å². The predicted molar refractivity (Wildman–Crippen MR) is 113 cm³/mol. The van der Waals surface area contributed by atoms with Crippen LogP contribution in [-0.2, 0) is 15.1 Å². The lowest BCUT2D eigenvalue weighted by molar-refractivity contribution is -0.126. The smallest absolute Gasteiger partial charge is 0.252 e. The molecule has 0 unspecified atom stereocenters. The minimum absolute atomic E-state index is 0. The Morgan fingerprint density at radius 2 is 1.93 bits per heavy atom. The number of anilines is 2. The maximum Gasteiger partial charge on any atom is 0.252 e. The highest BCUT2D eigenvalue weighted by Crippen LogP contribution is 2.29. The number of aromatic nitrogens is 3. The Hall–Kier alpha value is -1.87. The van der Waals surface area contributed by atoms with Gasteiger partial charge in [0.15, 0.2) is 0 Å². The number of rotatable bonds is 4. The number of halogens is 2. The van der Waals surface area contributed by atoms with Crippen LogP contribution in [0.3, 0.4) is 0 Å². The molecule has 0 aromatic carbocycles. The number of morpholine rings is 1. The normalized spacial score (nSPS) is 18.5. The molecule has 0 atom stereocenters. The molecule has 2 aliphatic heterocycles. The van der Waals surface area contributed by atoms with Crippen molar-refractivity contribution in [2.45, 2.75) is 18.4 Å². The van der Waals surface area contributed by atoms with E-state index >= 15 is 0 Å². The van der Waals surface area contributed by atoms with Gasteiger partial charge in [0, 0.05) is 25.5 Å². The fourth-order valence-corrected chi connectivity index (χ4v) is 3.61. The molecule has 1 amide bonds. The van der Waals surface area contributed by atoms with Crippen molar-refractivity contribution >= 4 is 42.2 Å². The molecule has 28 heavy (non-hydrogen) atoms. The van der Waals surface area contributed by atoms with Gasteiger partial charge in [-0.1, -0.05) is 0 Å². The van der Waals surface area contributed by atoms with Crippen LogP contribution in [0, 0.1) is 0 Å². The molecule has 2 aromatic rings. The van der Waals surface area contributed by atoms with E-state index in [1.165, 1.54) is 0 Å². The van der Waals surface area contributed by atoms with Gasteiger partial charge in [-0.2, -0.15) is 5.10 Å². The van der Waals surface area contributed by atoms with Crippen LogP contribution in [0.5, 0.6) is 0 Å². The van der Waals surface area contributed by atoms with Crippen molar-refractivity contribution in [3.8, 4) is 0 Å². The monoisotopic (exact) mass is 428 g/mol. The molecule has 2 aromatic heterocycles. The Labute approximate surface area is 176 Å². The average Bonchev–Trinajstić information content (AvgIpc) is 3.25. The van der Waals surface area contributed by atoms with Crippen LogP contribution in [0.25, 0.3) is 0 Å². The van der Waals surface area contributed by atoms with Gasteiger partial charge in [0.2, 0.25) is 0 Å². The molecule has 4 rings (SSSR count). The van der Waals surface area contributed by atoms with E-state index in [1.54, 1.807) is 17.1 Å². The Balaban J connectivity index is 0.00000140. The maximum absolute atomic E-state index is 13.1. The van der Waals surface area contributed by atoms with Gasteiger partial charge in [-0.05, 0) is 44.1 Å². The molecular formula is C18H26Cl2N6O2. The predicted octanol–water partition coefficient (Wildman–Crippen LogP) is 1.68. The standard InChI is InChI=1S/C18H24N6O2.2ClH/c25-17(18(4-7-19-8-5-18)24-9-1-6-21-24)22-15-2-3-16(20-14-15)23-10-12-26-13-11-23;;/h1-3,6,9,14,19H,4-5,7-8,10-13H2,(H,22,25);2*1H. The molecule has 2 aliphatic rings. The molecule has 0 radical (unpaired) electrons. The van der Waals surface area contributed by atoms with Crippen molar-refractivity contribution in [3.63, 3.8) is 0 Å². The summed E-state index contributed by atoms with van der Waals surface area (Å²) in [6.07, 6.45) is 6.72. The van der Waals surface area contributed by atoms with Gasteiger partial charge in [-0.3, -0.25) is 9.48 Å². The molecule has 8 nitrogen and oxygen atoms in total. The fourth-order valence-electron chi connectivity index (χ4n) is 3.61. The van der Waals surface area contributed by atoms with Crippen LogP contribution in [0.2, 0.25) is 0 Å². The largest absolute Gasteiger partial charge is 0.378 e. The van der Waals surface area contributed by atoms with E-state index in [0.29, 0.717) is 18.5 Å². The van der Waals surface area contributed by atoms with Crippen molar-refractivity contribution in [3.05, 3.63) is 36.8 Å². The Morgan fingerprint density at radius 3 is 2.54 bits per heavy atom. The van der Waals surface area contributed by atoms with Crippen LogP contribution in [0.1, 0.15) is 12.8 Å². The third kappa shape index (κ3) is 4.57. The molecule has 0 saturated carbocycles. The van der Waals surface area contributed by atoms with Gasteiger partial charge < -0.3 is 20.3 Å². The fraction of sp³-hybridized carbons (Fsp3) is 0.500. The van der Waals surface area contributed by atoms with E-state index in [2.05, 4.69) is 25.6 Å². The first kappa shape index (κ1) is 22.4. The number of pyridine rings is 1. The van der Waals surface area contributed by atoms with Crippen LogP contribution < -0.4 is 15.5 Å². The molecule has 154 valence electrons. The number of amides is 1. The topological polar surface area (TPSA) is 84.3 Å². The Morgan fingerprint density at radius 1 is 1.18 bits per heavy atom. The van der Waals surface area contributed by atoms with E-state index in [4.69, 9.17) is 4.74 Å². The first-order chi connectivity index (χ1) is 12.8. The molecular weight excluding hydrogens is 403 g/mol. The molecule has 0 bridgehead atoms. The third-order valence-electron chi connectivity index (χ3n) is 5.14. The minimum Gasteiger partial charge on any atom is -0.378 e. The van der Waals surface area contributed by atoms with E-state index in [0.717, 1.165) is 45.2 Å². The highest BCUT2D eigenvalue weighted by Gasteiger charge is 2.42. The number of carbonyl (C=O) groups excluding carboxylic acids is 1. The van der Waals surface area contributed by atoms with Crippen molar-refractivity contribution < 1.29 is 9.53 Å². The number of hydrogen-bond donors (Lipinski definition) is 2. The van der Waals surface area contributed by atoms with Gasteiger partial charge in [0.05, 0.1) is 25.1 Å². The number of nitrogens with zero attached hydrogens (tertiary/aromatic N) is 4. The van der Waals surface area contributed by atoms with Crippen LogP contribution in [0.4, 0.5) is 11.5 Å². The molecule has 0 spiro atoms. The zero-order chi connectivity index (χ0) is 17.8. The molecule has 4 heterocycles. The van der Waals surface area contributed by atoms with Crippen LogP contribution in [0.15, 0.2) is 36.8 Å². The summed E-state index contributed by atoms with van der Waals surface area (Å²) in [6, 6.07) is 5.72. The second-order valence-corrected chi connectivity index (χ2v) is 6.69. The SMILES string of the molecule is Cl.Cl.O=C(Nc1ccc(N2CCOCC2)nc1)C1(n2cccn2)CCNCC1. The summed E-state index contributed by atoms with van der Waals surface area (Å²) in [5.74, 6) is 0.874. The number of piperidine rings is 1. The van der Waals surface area contributed by atoms with Gasteiger partial charge in [0.1, 0.15) is 11.4 Å². The van der Waals surface area contributed by atoms with Crippen LogP contribution >= 0.6 is 24.8 Å². The second-order valence-electron chi connectivity index (χ2n) is 6.69. The molecule has 0 aliphatic carbocycles. The Bertz CT molecular complexity index is 729. The van der Waals surface area contributed by atoms with Gasteiger partial charge in [-0.15, -0.1) is 24.8 Å². The van der Waals surface area contributed by atoms with E-state index in [1.807, 2.05) is 24.4 Å². The molecule has 2 saturated heterocycles. The quantitative estimate of drug-likeness (QED) is 0.770. The summed E-state index contributed by atoms with van der Waals surface area (Å²) in [5, 5.41) is 10.7. The van der Waals surface area contributed by atoms with Crippen molar-refractivity contribution in [2.75, 3.05) is 49.6 Å². The van der Waals surface area contributed by atoms with Gasteiger partial charge in [-0.25, -0.2) is 4.98 Å². The van der Waals surface area contributed by atoms with Crippen molar-refractivity contribution in [1.82, 2.24) is 20.1 Å². The lowest BCUT2D eigenvalue weighted by atomic mass is 9.87. The number of ether oxygens (including phenoxy) is 1.